The summed E-state index contributed by atoms with van der Waals surface area (Å²) in [5, 5.41) is 5.74. The molecule has 2 aromatic rings. The van der Waals surface area contributed by atoms with Gasteiger partial charge in [-0.25, -0.2) is 0 Å². The Balaban J connectivity index is 2.65. The molecule has 1 heterocycles. The molecule has 3 nitrogen and oxygen atoms in total. The molecule has 1 aromatic carbocycles. The number of nitrogens with zero attached hydrogens (tertiary/aromatic N) is 2. The Morgan fingerprint density at radius 3 is 2.93 bits per heavy atom. The summed E-state index contributed by atoms with van der Waals surface area (Å²) in [5.74, 6) is 0. The molecule has 15 heavy (non-hydrogen) atoms. The number of fused-ring (bicyclic) bond motifs is 1. The minimum absolute atomic E-state index is 0.660. The van der Waals surface area contributed by atoms with E-state index < -0.39 is 0 Å². The lowest BCUT2D eigenvalue weighted by Crippen LogP contribution is -2.09. The Bertz CT molecular complexity index is 476. The average Bonchev–Trinajstić information content (AvgIpc) is 2.57. The second-order valence-electron chi connectivity index (χ2n) is 3.46. The zero-order valence-electron chi connectivity index (χ0n) is 8.70. The predicted octanol–water partition coefficient (Wildman–Crippen LogP) is 2.32. The van der Waals surface area contributed by atoms with Crippen molar-refractivity contribution in [2.75, 3.05) is 6.54 Å². The lowest BCUT2D eigenvalue weighted by molar-refractivity contribution is 0.628. The lowest BCUT2D eigenvalue weighted by Gasteiger charge is -2.02. The molecule has 2 N–H and O–H groups in total. The van der Waals surface area contributed by atoms with E-state index in [1.54, 1.807) is 0 Å². The van der Waals surface area contributed by atoms with E-state index in [1.165, 1.54) is 11.1 Å². The first-order valence-electron chi connectivity index (χ1n) is 5.11. The van der Waals surface area contributed by atoms with Crippen molar-refractivity contribution < 1.29 is 0 Å². The van der Waals surface area contributed by atoms with Gasteiger partial charge in [0, 0.05) is 28.5 Å². The highest BCUT2D eigenvalue weighted by molar-refractivity contribution is 9.10. The van der Waals surface area contributed by atoms with Crippen molar-refractivity contribution in [2.45, 2.75) is 19.9 Å². The van der Waals surface area contributed by atoms with Crippen LogP contribution < -0.4 is 5.73 Å². The Kier molecular flexibility index (Phi) is 3.07. The maximum absolute atomic E-state index is 5.62. The van der Waals surface area contributed by atoms with Crippen molar-refractivity contribution in [1.29, 1.82) is 0 Å². The highest BCUT2D eigenvalue weighted by Crippen LogP contribution is 2.23. The average molecular weight is 268 g/mol. The molecule has 0 radical (unpaired) electrons. The number of hydrogen-bond donors (Lipinski definition) is 1. The molecule has 0 aliphatic carbocycles. The van der Waals surface area contributed by atoms with Crippen LogP contribution in [0.25, 0.3) is 10.9 Å². The van der Waals surface area contributed by atoms with Crippen molar-refractivity contribution in [1.82, 2.24) is 9.78 Å². The van der Waals surface area contributed by atoms with E-state index in [-0.39, 0.29) is 0 Å². The van der Waals surface area contributed by atoms with Gasteiger partial charge < -0.3 is 5.73 Å². The van der Waals surface area contributed by atoms with Gasteiger partial charge in [-0.15, -0.1) is 0 Å². The fraction of sp³-hybridized carbons (Fsp3) is 0.364. The Morgan fingerprint density at radius 1 is 1.47 bits per heavy atom. The van der Waals surface area contributed by atoms with Crippen molar-refractivity contribution in [2.24, 2.45) is 5.73 Å². The third-order valence-electron chi connectivity index (χ3n) is 2.49. The van der Waals surface area contributed by atoms with E-state index in [4.69, 9.17) is 5.73 Å². The number of rotatable bonds is 3. The van der Waals surface area contributed by atoms with Crippen LogP contribution in [0.5, 0.6) is 0 Å². The summed E-state index contributed by atoms with van der Waals surface area (Å²) in [6, 6.07) is 6.16. The summed E-state index contributed by atoms with van der Waals surface area (Å²) in [6.45, 7) is 3.65. The molecule has 4 heteroatoms. The van der Waals surface area contributed by atoms with E-state index in [0.717, 1.165) is 23.0 Å². The van der Waals surface area contributed by atoms with Crippen molar-refractivity contribution in [3.8, 4) is 0 Å². The van der Waals surface area contributed by atoms with Gasteiger partial charge in [-0.3, -0.25) is 4.68 Å². The van der Waals surface area contributed by atoms with Crippen molar-refractivity contribution in [3.63, 3.8) is 0 Å². The largest absolute Gasteiger partial charge is 0.330 e. The molecule has 0 amide bonds. The molecular formula is C11H14BrN3. The molecule has 0 aliphatic rings. The number of aromatic nitrogens is 2. The summed E-state index contributed by atoms with van der Waals surface area (Å²) in [6.07, 6.45) is 0.876. The first-order valence-corrected chi connectivity index (χ1v) is 5.90. The summed E-state index contributed by atoms with van der Waals surface area (Å²) in [7, 11) is 0. The van der Waals surface area contributed by atoms with E-state index in [9.17, 15) is 0 Å². The van der Waals surface area contributed by atoms with Gasteiger partial charge in [0.15, 0.2) is 0 Å². The molecule has 0 saturated heterocycles. The van der Waals surface area contributed by atoms with Gasteiger partial charge in [0.2, 0.25) is 0 Å². The minimum atomic E-state index is 0.660. The molecule has 0 saturated carbocycles. The Labute approximate surface area is 97.4 Å². The summed E-state index contributed by atoms with van der Waals surface area (Å²) in [4.78, 5) is 0. The van der Waals surface area contributed by atoms with Gasteiger partial charge in [-0.2, -0.15) is 5.10 Å². The smallest absolute Gasteiger partial charge is 0.0927 e. The van der Waals surface area contributed by atoms with E-state index in [0.29, 0.717) is 6.54 Å². The minimum Gasteiger partial charge on any atom is -0.330 e. The van der Waals surface area contributed by atoms with Crippen molar-refractivity contribution in [3.05, 3.63) is 28.4 Å². The van der Waals surface area contributed by atoms with Gasteiger partial charge in [0.25, 0.3) is 0 Å². The molecule has 0 aliphatic heterocycles. The molecule has 0 bridgehead atoms. The van der Waals surface area contributed by atoms with Crippen LogP contribution in [0.2, 0.25) is 0 Å². The lowest BCUT2D eigenvalue weighted by atomic mass is 10.1. The molecule has 0 unspecified atom stereocenters. The zero-order chi connectivity index (χ0) is 10.8. The maximum atomic E-state index is 5.62. The monoisotopic (exact) mass is 267 g/mol. The van der Waals surface area contributed by atoms with Crippen LogP contribution >= 0.6 is 15.9 Å². The van der Waals surface area contributed by atoms with Crippen LogP contribution in [0, 0.1) is 0 Å². The van der Waals surface area contributed by atoms with Gasteiger partial charge in [0.05, 0.1) is 5.52 Å². The summed E-state index contributed by atoms with van der Waals surface area (Å²) in [5.41, 5.74) is 7.90. The third kappa shape index (κ3) is 1.92. The topological polar surface area (TPSA) is 43.8 Å². The molecular weight excluding hydrogens is 254 g/mol. The Hall–Kier alpha value is -0.870. The van der Waals surface area contributed by atoms with Gasteiger partial charge in [-0.05, 0) is 31.7 Å². The Morgan fingerprint density at radius 2 is 2.27 bits per heavy atom. The van der Waals surface area contributed by atoms with Crippen LogP contribution in [0.3, 0.4) is 0 Å². The first kappa shape index (κ1) is 10.6. The van der Waals surface area contributed by atoms with Gasteiger partial charge in [-0.1, -0.05) is 15.9 Å². The SMILES string of the molecule is CCn1nc2ccc(Br)cc2c1CCN. The molecule has 80 valence electrons. The van der Waals surface area contributed by atoms with Crippen LogP contribution in [-0.4, -0.2) is 16.3 Å². The fourth-order valence-corrected chi connectivity index (χ4v) is 2.18. The van der Waals surface area contributed by atoms with Crippen LogP contribution in [0.15, 0.2) is 22.7 Å². The fourth-order valence-electron chi connectivity index (χ4n) is 1.82. The van der Waals surface area contributed by atoms with Crippen molar-refractivity contribution >= 4 is 26.8 Å². The molecule has 1 aromatic heterocycles. The molecule has 0 spiro atoms. The standard InChI is InChI=1S/C11H14BrN3/c1-2-15-11(5-6-13)9-7-8(12)3-4-10(9)14-15/h3-4,7H,2,5-6,13H2,1H3. The molecule has 0 fully saturated rings. The normalized spacial score (nSPS) is 11.1. The molecule has 0 atom stereocenters. The predicted molar refractivity (Wildman–Crippen MR) is 65.9 cm³/mol. The molecule has 2 rings (SSSR count). The van der Waals surface area contributed by atoms with E-state index in [2.05, 4.69) is 34.0 Å². The summed E-state index contributed by atoms with van der Waals surface area (Å²) >= 11 is 3.48. The number of halogens is 1. The number of hydrogen-bond acceptors (Lipinski definition) is 2. The van der Waals surface area contributed by atoms with Gasteiger partial charge in [0.1, 0.15) is 0 Å². The highest BCUT2D eigenvalue weighted by Gasteiger charge is 2.09. The van der Waals surface area contributed by atoms with Gasteiger partial charge >= 0.3 is 0 Å². The summed E-state index contributed by atoms with van der Waals surface area (Å²) < 4.78 is 3.12. The second kappa shape index (κ2) is 4.33. The number of benzene rings is 1. The van der Waals surface area contributed by atoms with Crippen LogP contribution in [0.1, 0.15) is 12.6 Å². The first-order chi connectivity index (χ1) is 7.26. The van der Waals surface area contributed by atoms with Crippen LogP contribution in [-0.2, 0) is 13.0 Å². The highest BCUT2D eigenvalue weighted by atomic mass is 79.9. The maximum Gasteiger partial charge on any atom is 0.0927 e. The second-order valence-corrected chi connectivity index (χ2v) is 4.38. The number of nitrogens with two attached hydrogens (primary N) is 1. The van der Waals surface area contributed by atoms with E-state index >= 15 is 0 Å². The third-order valence-corrected chi connectivity index (χ3v) is 2.98. The van der Waals surface area contributed by atoms with E-state index in [1.807, 2.05) is 16.8 Å². The number of aryl methyl sites for hydroxylation is 1. The quantitative estimate of drug-likeness (QED) is 0.928. The zero-order valence-corrected chi connectivity index (χ0v) is 10.3. The van der Waals surface area contributed by atoms with Crippen LogP contribution in [0.4, 0.5) is 0 Å².